The molecule has 0 radical (unpaired) electrons. The number of piperazine rings is 1. The van der Waals surface area contributed by atoms with E-state index >= 15 is 0 Å². The molecule has 2 heterocycles. The Morgan fingerprint density at radius 2 is 1.95 bits per heavy atom. The van der Waals surface area contributed by atoms with Gasteiger partial charge in [-0.3, -0.25) is 14.5 Å². The third-order valence-electron chi connectivity index (χ3n) is 3.90. The minimum atomic E-state index is 0. The van der Waals surface area contributed by atoms with Crippen LogP contribution in [0.25, 0.3) is 0 Å². The van der Waals surface area contributed by atoms with Crippen molar-refractivity contribution < 1.29 is 9.59 Å². The molecule has 6 heteroatoms. The van der Waals surface area contributed by atoms with Crippen molar-refractivity contribution >= 4 is 29.8 Å². The molecular weight excluding hydrogens is 290 g/mol. The number of nitrogens with zero attached hydrogens (tertiary/aromatic N) is 1. The highest BCUT2D eigenvalue weighted by Crippen LogP contribution is 2.23. The lowest BCUT2D eigenvalue weighted by atomic mass is 9.98. The Morgan fingerprint density at radius 1 is 1.19 bits per heavy atom. The largest absolute Gasteiger partial charge is 0.326 e. The molecule has 1 aromatic rings. The zero-order valence-corrected chi connectivity index (χ0v) is 12.7. The second kappa shape index (κ2) is 7.02. The summed E-state index contributed by atoms with van der Waals surface area (Å²) in [6.07, 6.45) is 1.22. The highest BCUT2D eigenvalue weighted by Gasteiger charge is 2.18. The third kappa shape index (κ3) is 3.81. The Morgan fingerprint density at radius 3 is 2.71 bits per heavy atom. The minimum Gasteiger partial charge on any atom is -0.326 e. The van der Waals surface area contributed by atoms with Gasteiger partial charge >= 0.3 is 0 Å². The molecule has 0 atom stereocenters. The number of amides is 1. The van der Waals surface area contributed by atoms with Gasteiger partial charge in [0.2, 0.25) is 5.91 Å². The maximum absolute atomic E-state index is 12.3. The monoisotopic (exact) mass is 309 g/mol. The number of ketones is 1. The van der Waals surface area contributed by atoms with Crippen LogP contribution < -0.4 is 10.6 Å². The summed E-state index contributed by atoms with van der Waals surface area (Å²) >= 11 is 0. The van der Waals surface area contributed by atoms with Gasteiger partial charge < -0.3 is 10.6 Å². The first kappa shape index (κ1) is 15.9. The molecule has 3 rings (SSSR count). The molecule has 2 aliphatic rings. The predicted octanol–water partition coefficient (Wildman–Crippen LogP) is 1.08. The molecule has 0 saturated carbocycles. The number of fused-ring (bicyclic) bond motifs is 1. The molecular formula is C15H20ClN3O2. The van der Waals surface area contributed by atoms with Crippen LogP contribution in [0.2, 0.25) is 0 Å². The summed E-state index contributed by atoms with van der Waals surface area (Å²) < 4.78 is 0. The van der Waals surface area contributed by atoms with Gasteiger partial charge in [-0.1, -0.05) is 0 Å². The van der Waals surface area contributed by atoms with Gasteiger partial charge in [0.15, 0.2) is 5.78 Å². The van der Waals surface area contributed by atoms with Crippen LogP contribution in [0.4, 0.5) is 5.69 Å². The molecule has 1 saturated heterocycles. The molecule has 0 bridgehead atoms. The normalized spacial score (nSPS) is 18.4. The first-order valence-electron chi connectivity index (χ1n) is 7.11. The van der Waals surface area contributed by atoms with Crippen LogP contribution in [0, 0.1) is 0 Å². The van der Waals surface area contributed by atoms with Crippen molar-refractivity contribution in [3.63, 3.8) is 0 Å². The number of rotatable bonds is 3. The van der Waals surface area contributed by atoms with E-state index in [2.05, 4.69) is 15.5 Å². The quantitative estimate of drug-likeness (QED) is 0.820. The van der Waals surface area contributed by atoms with Gasteiger partial charge in [0.25, 0.3) is 0 Å². The number of carbonyl (C=O) groups excluding carboxylic acids is 2. The highest BCUT2D eigenvalue weighted by atomic mass is 35.5. The van der Waals surface area contributed by atoms with Crippen molar-refractivity contribution in [1.29, 1.82) is 0 Å². The van der Waals surface area contributed by atoms with Crippen LogP contribution in [0.5, 0.6) is 0 Å². The molecule has 1 aromatic carbocycles. The zero-order valence-electron chi connectivity index (χ0n) is 11.9. The lowest BCUT2D eigenvalue weighted by molar-refractivity contribution is -0.116. The fraction of sp³-hybridized carbons (Fsp3) is 0.467. The molecule has 0 spiro atoms. The van der Waals surface area contributed by atoms with Crippen molar-refractivity contribution in [2.75, 3.05) is 38.0 Å². The summed E-state index contributed by atoms with van der Waals surface area (Å²) in [5, 5.41) is 6.12. The minimum absolute atomic E-state index is 0. The first-order valence-corrected chi connectivity index (χ1v) is 7.11. The number of aryl methyl sites for hydroxylation is 1. The number of halogens is 1. The maximum Gasteiger partial charge on any atom is 0.224 e. The van der Waals surface area contributed by atoms with Crippen LogP contribution >= 0.6 is 12.4 Å². The molecule has 114 valence electrons. The molecule has 2 aliphatic heterocycles. The van der Waals surface area contributed by atoms with E-state index in [1.54, 1.807) is 0 Å². The first-order chi connectivity index (χ1) is 9.72. The van der Waals surface area contributed by atoms with Crippen molar-refractivity contribution in [3.05, 3.63) is 29.3 Å². The Balaban J connectivity index is 0.00000161. The van der Waals surface area contributed by atoms with Crippen molar-refractivity contribution in [3.8, 4) is 0 Å². The number of carbonyl (C=O) groups is 2. The van der Waals surface area contributed by atoms with Gasteiger partial charge in [0.1, 0.15) is 0 Å². The zero-order chi connectivity index (χ0) is 13.9. The van der Waals surface area contributed by atoms with Gasteiger partial charge in [0, 0.05) is 43.9 Å². The summed E-state index contributed by atoms with van der Waals surface area (Å²) in [4.78, 5) is 25.8. The number of Topliss-reactive ketones (excluding diaryl/α,β-unsaturated/α-hetero) is 1. The summed E-state index contributed by atoms with van der Waals surface area (Å²) in [7, 11) is 0. The average molecular weight is 310 g/mol. The van der Waals surface area contributed by atoms with Crippen molar-refractivity contribution in [2.24, 2.45) is 0 Å². The summed E-state index contributed by atoms with van der Waals surface area (Å²) in [6.45, 7) is 4.22. The summed E-state index contributed by atoms with van der Waals surface area (Å²) in [6, 6.07) is 5.59. The van der Waals surface area contributed by atoms with E-state index in [0.717, 1.165) is 49.4 Å². The molecule has 0 aliphatic carbocycles. The van der Waals surface area contributed by atoms with E-state index in [9.17, 15) is 9.59 Å². The van der Waals surface area contributed by atoms with Crippen LogP contribution in [0.15, 0.2) is 18.2 Å². The molecule has 2 N–H and O–H groups in total. The van der Waals surface area contributed by atoms with Gasteiger partial charge in [-0.25, -0.2) is 0 Å². The Labute approximate surface area is 130 Å². The Hall–Kier alpha value is -1.43. The van der Waals surface area contributed by atoms with Crippen molar-refractivity contribution in [2.45, 2.75) is 12.8 Å². The lowest BCUT2D eigenvalue weighted by Crippen LogP contribution is -2.45. The summed E-state index contributed by atoms with van der Waals surface area (Å²) in [5.41, 5.74) is 2.66. The smallest absolute Gasteiger partial charge is 0.224 e. The average Bonchev–Trinajstić information content (AvgIpc) is 2.47. The Bertz CT molecular complexity index is 542. The standard InChI is InChI=1S/C15H19N3O2.ClH/c19-14(10-18-7-5-16-6-8-18)12-1-3-13-11(9-12)2-4-15(20)17-13;/h1,3,9,16H,2,4-8,10H2,(H,17,20);1H. The van der Waals surface area contributed by atoms with E-state index in [-0.39, 0.29) is 24.1 Å². The topological polar surface area (TPSA) is 61.4 Å². The molecule has 0 aromatic heterocycles. The van der Waals surface area contributed by atoms with Gasteiger partial charge in [0.05, 0.1) is 6.54 Å². The molecule has 1 amide bonds. The number of hydrogen-bond acceptors (Lipinski definition) is 4. The number of anilines is 1. The van der Waals surface area contributed by atoms with Crippen molar-refractivity contribution in [1.82, 2.24) is 10.2 Å². The van der Waals surface area contributed by atoms with Crippen LogP contribution in [0.3, 0.4) is 0 Å². The molecule has 1 fully saturated rings. The highest BCUT2D eigenvalue weighted by molar-refractivity contribution is 6.00. The van der Waals surface area contributed by atoms with Gasteiger partial charge in [-0.15, -0.1) is 12.4 Å². The summed E-state index contributed by atoms with van der Waals surface area (Å²) in [5.74, 6) is 0.212. The predicted molar refractivity (Wildman–Crippen MR) is 84.3 cm³/mol. The SMILES string of the molecule is Cl.O=C1CCc2cc(C(=O)CN3CCNCC3)ccc2N1. The van der Waals surface area contributed by atoms with Gasteiger partial charge in [-0.05, 0) is 30.2 Å². The van der Waals surface area contributed by atoms with Crippen LogP contribution in [0.1, 0.15) is 22.3 Å². The maximum atomic E-state index is 12.3. The fourth-order valence-electron chi connectivity index (χ4n) is 2.72. The van der Waals surface area contributed by atoms with E-state index in [1.165, 1.54) is 0 Å². The fourth-order valence-corrected chi connectivity index (χ4v) is 2.72. The van der Waals surface area contributed by atoms with Gasteiger partial charge in [-0.2, -0.15) is 0 Å². The van der Waals surface area contributed by atoms with E-state index in [0.29, 0.717) is 13.0 Å². The lowest BCUT2D eigenvalue weighted by Gasteiger charge is -2.26. The van der Waals surface area contributed by atoms with E-state index in [1.807, 2.05) is 18.2 Å². The Kier molecular flexibility index (Phi) is 5.33. The molecule has 0 unspecified atom stereocenters. The van der Waals surface area contributed by atoms with Crippen LogP contribution in [-0.2, 0) is 11.2 Å². The van der Waals surface area contributed by atoms with E-state index < -0.39 is 0 Å². The van der Waals surface area contributed by atoms with E-state index in [4.69, 9.17) is 0 Å². The third-order valence-corrected chi connectivity index (χ3v) is 3.90. The molecule has 21 heavy (non-hydrogen) atoms. The second-order valence-corrected chi connectivity index (χ2v) is 5.37. The second-order valence-electron chi connectivity index (χ2n) is 5.37. The molecule has 5 nitrogen and oxygen atoms in total. The van der Waals surface area contributed by atoms with Crippen LogP contribution in [-0.4, -0.2) is 49.3 Å². The number of hydrogen-bond donors (Lipinski definition) is 2. The number of benzene rings is 1. The number of nitrogens with one attached hydrogen (secondary N) is 2.